The first-order valence-corrected chi connectivity index (χ1v) is 37.2. The molecule has 576 valence electrons. The number of nitrogens with zero attached hydrogens (tertiary/aromatic N) is 2. The van der Waals surface area contributed by atoms with Crippen LogP contribution in [0.5, 0.6) is 11.5 Å². The minimum atomic E-state index is -1.45. The fourth-order valence-corrected chi connectivity index (χ4v) is 13.6. The van der Waals surface area contributed by atoms with Crippen molar-refractivity contribution in [1.29, 1.82) is 0 Å². The van der Waals surface area contributed by atoms with Gasteiger partial charge in [-0.3, -0.25) is 57.5 Å². The molecule has 3 aliphatic rings. The molecule has 28 nitrogen and oxygen atoms in total. The largest absolute Gasteiger partial charge is 0.508 e. The van der Waals surface area contributed by atoms with Gasteiger partial charge in [-0.15, -0.1) is 0 Å². The van der Waals surface area contributed by atoms with Gasteiger partial charge < -0.3 is 84.6 Å². The highest BCUT2D eigenvalue weighted by molar-refractivity contribution is 6.01. The van der Waals surface area contributed by atoms with Gasteiger partial charge in [0, 0.05) is 38.8 Å². The van der Waals surface area contributed by atoms with Gasteiger partial charge in [-0.1, -0.05) is 140 Å². The van der Waals surface area contributed by atoms with E-state index in [2.05, 4.69) is 53.2 Å². The zero-order valence-corrected chi connectivity index (χ0v) is 62.2. The Morgan fingerprint density at radius 1 is 0.349 bits per heavy atom. The van der Waals surface area contributed by atoms with Gasteiger partial charge in [0.1, 0.15) is 84.0 Å². The molecule has 3 fully saturated rings. The smallest absolute Gasteiger partial charge is 0.245 e. The molecule has 4 aromatic carbocycles. The van der Waals surface area contributed by atoms with E-state index in [-0.39, 0.29) is 127 Å². The van der Waals surface area contributed by atoms with E-state index >= 15 is 19.2 Å². The number of hydrogen-bond acceptors (Lipinski definition) is 16. The van der Waals surface area contributed by atoms with Crippen molar-refractivity contribution in [2.45, 2.75) is 218 Å². The fraction of sp³-hybridized carbons (Fsp3) is 0.538. The summed E-state index contributed by atoms with van der Waals surface area (Å²) in [7, 11) is 0. The Kier molecular flexibility index (Phi) is 31.8. The zero-order chi connectivity index (χ0) is 77.3. The van der Waals surface area contributed by atoms with Gasteiger partial charge in [-0.05, 0) is 147 Å². The van der Waals surface area contributed by atoms with Crippen LogP contribution in [0.2, 0.25) is 0 Å². The van der Waals surface area contributed by atoms with Gasteiger partial charge in [0.2, 0.25) is 70.9 Å². The minimum Gasteiger partial charge on any atom is -0.508 e. The van der Waals surface area contributed by atoms with Crippen molar-refractivity contribution in [3.05, 3.63) is 131 Å². The van der Waals surface area contributed by atoms with Crippen LogP contribution >= 0.6 is 0 Å². The van der Waals surface area contributed by atoms with E-state index in [1.165, 1.54) is 34.1 Å². The molecule has 7 rings (SSSR count). The number of aromatic hydroxyl groups is 2. The second-order valence-corrected chi connectivity index (χ2v) is 29.6. The van der Waals surface area contributed by atoms with Crippen molar-refractivity contribution >= 4 is 70.9 Å². The summed E-state index contributed by atoms with van der Waals surface area (Å²) in [4.78, 5) is 182. The molecule has 0 spiro atoms. The number of carbonyl (C=O) groups is 12. The molecule has 4 aromatic rings. The molecule has 0 aromatic heterocycles. The lowest BCUT2D eigenvalue weighted by Gasteiger charge is -2.32. The van der Waals surface area contributed by atoms with Crippen molar-refractivity contribution < 1.29 is 67.7 Å². The highest BCUT2D eigenvalue weighted by Gasteiger charge is 2.44. The Labute approximate surface area is 621 Å². The van der Waals surface area contributed by atoms with Gasteiger partial charge in [0.15, 0.2) is 0 Å². The number of benzene rings is 4. The first-order chi connectivity index (χ1) is 50.5. The molecule has 0 radical (unpaired) electrons. The number of amides is 12. The molecule has 12 amide bonds. The van der Waals surface area contributed by atoms with Gasteiger partial charge in [0.25, 0.3) is 0 Å². The van der Waals surface area contributed by atoms with Crippen molar-refractivity contribution in [3.8, 4) is 11.5 Å². The molecule has 16 N–H and O–H groups in total. The molecular weight excluding hydrogens is 1360 g/mol. The molecule has 3 saturated heterocycles. The summed E-state index contributed by atoms with van der Waals surface area (Å²) in [6.07, 6.45) is 1.11. The van der Waals surface area contributed by atoms with E-state index in [1.807, 2.05) is 27.7 Å². The highest BCUT2D eigenvalue weighted by atomic mass is 16.3. The third-order valence-corrected chi connectivity index (χ3v) is 19.3. The third kappa shape index (κ3) is 24.6. The standard InChI is InChI=1S/C78H110N14O14/c1-45(2)39-61-77(105)91-37-17-25-63(91)73(101)85-57(41-49-19-11-9-12-20-49)69(97)83-60(44-52-29-33-54(94)34-30-52)72(100)90-66(48(7)8)76(104)82-56(24-16-36-80)68(96)88-62(40-46(3)4)78(106)92-38-18-26-64(92)74(102)86-58(42-50-21-13-10-14-22-50)70(98)84-59(43-51-27-31-53(93)32-28-51)71(99)89-65(47(5)6)75(103)81-55(23-15-35-79)67(95)87-61/h9-14,19-22,27-34,45-48,55-66,93-94H,15-18,23-26,35-44,79-80H2,1-8H3,(H,81,103)(H,82,104)(H,83,97)(H,84,98)(H,85,101)(H,86,102)(H,87,95)(H,88,96)(H,89,99)(H,90,100)/t55-,56-,57+,58+,59-,60-,61-,62-,63-,64-,65-,66-/m0/s1. The van der Waals surface area contributed by atoms with Crippen LogP contribution in [-0.4, -0.2) is 190 Å². The number of nitrogens with one attached hydrogen (secondary N) is 10. The summed E-state index contributed by atoms with van der Waals surface area (Å²) in [6, 6.07) is 13.5. The Hall–Kier alpha value is -9.96. The van der Waals surface area contributed by atoms with Crippen LogP contribution in [0.1, 0.15) is 142 Å². The van der Waals surface area contributed by atoms with Crippen LogP contribution in [0, 0.1) is 23.7 Å². The van der Waals surface area contributed by atoms with Crippen LogP contribution in [-0.2, 0) is 83.2 Å². The molecule has 0 unspecified atom stereocenters. The molecule has 106 heavy (non-hydrogen) atoms. The van der Waals surface area contributed by atoms with E-state index < -0.39 is 155 Å². The zero-order valence-electron chi connectivity index (χ0n) is 62.2. The summed E-state index contributed by atoms with van der Waals surface area (Å²) >= 11 is 0. The normalized spacial score (nSPS) is 25.2. The van der Waals surface area contributed by atoms with Crippen LogP contribution in [0.15, 0.2) is 109 Å². The molecule has 3 heterocycles. The van der Waals surface area contributed by atoms with Gasteiger partial charge in [-0.25, -0.2) is 0 Å². The fourth-order valence-electron chi connectivity index (χ4n) is 13.6. The number of fused-ring (bicyclic) bond motifs is 2. The first-order valence-electron chi connectivity index (χ1n) is 37.2. The van der Waals surface area contributed by atoms with Crippen LogP contribution in [0.4, 0.5) is 0 Å². The van der Waals surface area contributed by atoms with E-state index in [0.29, 0.717) is 35.1 Å². The van der Waals surface area contributed by atoms with E-state index in [4.69, 9.17) is 11.5 Å². The lowest BCUT2D eigenvalue weighted by atomic mass is 9.98. The average molecular weight is 1470 g/mol. The highest BCUT2D eigenvalue weighted by Crippen LogP contribution is 2.25. The van der Waals surface area contributed by atoms with Crippen LogP contribution in [0.3, 0.4) is 0 Å². The molecule has 0 aliphatic carbocycles. The van der Waals surface area contributed by atoms with Crippen LogP contribution < -0.4 is 64.6 Å². The molecule has 12 atom stereocenters. The van der Waals surface area contributed by atoms with Gasteiger partial charge in [-0.2, -0.15) is 0 Å². The Morgan fingerprint density at radius 3 is 0.925 bits per heavy atom. The number of rotatable bonds is 20. The van der Waals surface area contributed by atoms with E-state index in [1.54, 1.807) is 113 Å². The molecule has 0 bridgehead atoms. The monoisotopic (exact) mass is 1470 g/mol. The number of phenols is 2. The van der Waals surface area contributed by atoms with E-state index in [9.17, 15) is 48.6 Å². The van der Waals surface area contributed by atoms with Crippen LogP contribution in [0.25, 0.3) is 0 Å². The van der Waals surface area contributed by atoms with Crippen molar-refractivity contribution in [2.24, 2.45) is 35.1 Å². The number of nitrogens with two attached hydrogens (primary N) is 2. The summed E-state index contributed by atoms with van der Waals surface area (Å²) in [5, 5.41) is 48.9. The SMILES string of the molecule is CC(C)C[C@@H]1NC(=O)[C@H](CCCN)NC(=O)[C@H](C(C)C)NC(=O)[C@H](Cc2ccc(O)cc2)NC(=O)[C@@H](Cc2ccccc2)NC(=O)[C@@H]2CCCN2C(=O)[C@H](CC(C)C)NC(=O)[C@H](CCCN)NC(=O)[C@H](C(C)C)NC(=O)[C@H](Cc2ccc(O)cc2)NC(=O)[C@@H](Cc2ccccc2)NC(=O)[C@@H]2CCCN2C1=O. The maximum atomic E-state index is 15.1. The lowest BCUT2D eigenvalue weighted by Crippen LogP contribution is -2.62. The second-order valence-electron chi connectivity index (χ2n) is 29.6. The Balaban J connectivity index is 1.30. The molecular formula is C78H110N14O14. The van der Waals surface area contributed by atoms with E-state index in [0.717, 1.165) is 0 Å². The average Bonchev–Trinajstić information content (AvgIpc) is 1.45. The summed E-state index contributed by atoms with van der Waals surface area (Å²) in [6.45, 7) is 14.4. The van der Waals surface area contributed by atoms with Crippen molar-refractivity contribution in [1.82, 2.24) is 63.0 Å². The minimum absolute atomic E-state index is 0.00784. The topological polar surface area (TPSA) is 424 Å². The number of carbonyl (C=O) groups excluding carboxylic acids is 12. The quantitative estimate of drug-likeness (QED) is 0.0602. The first kappa shape index (κ1) is 83.3. The maximum Gasteiger partial charge on any atom is 0.245 e. The maximum absolute atomic E-state index is 15.1. The Morgan fingerprint density at radius 2 is 0.623 bits per heavy atom. The molecule has 28 heteroatoms. The van der Waals surface area contributed by atoms with Crippen molar-refractivity contribution in [3.63, 3.8) is 0 Å². The summed E-state index contributed by atoms with van der Waals surface area (Å²) in [5.41, 5.74) is 14.2. The van der Waals surface area contributed by atoms with Gasteiger partial charge in [0.05, 0.1) is 0 Å². The Bertz CT molecular complexity index is 3400. The third-order valence-electron chi connectivity index (χ3n) is 19.3. The van der Waals surface area contributed by atoms with Crippen molar-refractivity contribution in [2.75, 3.05) is 26.2 Å². The summed E-state index contributed by atoms with van der Waals surface area (Å²) < 4.78 is 0. The predicted octanol–water partition coefficient (Wildman–Crippen LogP) is 2.09. The predicted molar refractivity (Wildman–Crippen MR) is 398 cm³/mol. The number of phenolic OH excluding ortho intramolecular Hbond substituents is 2. The molecule has 3 aliphatic heterocycles. The lowest BCUT2D eigenvalue weighted by molar-refractivity contribution is -0.143. The van der Waals surface area contributed by atoms with Gasteiger partial charge >= 0.3 is 0 Å². The summed E-state index contributed by atoms with van der Waals surface area (Å²) in [5.74, 6) is -10.9. The second kappa shape index (κ2) is 40.5. The number of hydrogen-bond donors (Lipinski definition) is 14. The molecule has 0 saturated carbocycles.